The predicted molar refractivity (Wildman–Crippen MR) is 73.5 cm³/mol. The molecule has 2 saturated heterocycles. The molecular weight excluding hydrogens is 278 g/mol. The predicted octanol–water partition coefficient (Wildman–Crippen LogP) is 0.891. The smallest absolute Gasteiger partial charge is 0.258 e. The first kappa shape index (κ1) is 12.9. The summed E-state index contributed by atoms with van der Waals surface area (Å²) < 4.78 is 26.3. The van der Waals surface area contributed by atoms with Crippen molar-refractivity contribution in [3.05, 3.63) is 12.4 Å². The van der Waals surface area contributed by atoms with Crippen LogP contribution in [-0.2, 0) is 6.54 Å². The van der Waals surface area contributed by atoms with E-state index in [1.807, 2.05) is 0 Å². The minimum absolute atomic E-state index is 0.361. The summed E-state index contributed by atoms with van der Waals surface area (Å²) in [6, 6.07) is 0. The molecule has 0 bridgehead atoms. The van der Waals surface area contributed by atoms with Crippen molar-refractivity contribution in [3.63, 3.8) is 0 Å². The zero-order chi connectivity index (χ0) is 14.4. The molecule has 1 N–H and O–H groups in total. The Morgan fingerprint density at radius 1 is 1.33 bits per heavy atom. The summed E-state index contributed by atoms with van der Waals surface area (Å²) in [6.07, 6.45) is 1.88. The van der Waals surface area contributed by atoms with Gasteiger partial charge in [-0.15, -0.1) is 0 Å². The van der Waals surface area contributed by atoms with Gasteiger partial charge in [0.2, 0.25) is 0 Å². The van der Waals surface area contributed by atoms with Crippen molar-refractivity contribution < 1.29 is 8.78 Å². The van der Waals surface area contributed by atoms with E-state index in [4.69, 9.17) is 0 Å². The van der Waals surface area contributed by atoms with Gasteiger partial charge in [0.05, 0.1) is 12.4 Å². The Morgan fingerprint density at radius 2 is 2.19 bits per heavy atom. The minimum atomic E-state index is -2.45. The summed E-state index contributed by atoms with van der Waals surface area (Å²) in [5.41, 5.74) is 1.35. The summed E-state index contributed by atoms with van der Waals surface area (Å²) in [7, 11) is 0. The maximum atomic E-state index is 12.6. The largest absolute Gasteiger partial charge is 0.355 e. The monoisotopic (exact) mass is 294 g/mol. The number of fused-ring (bicyclic) bond motifs is 1. The maximum Gasteiger partial charge on any atom is 0.258 e. The van der Waals surface area contributed by atoms with Gasteiger partial charge in [0.1, 0.15) is 17.9 Å². The Bertz CT molecular complexity index is 666. The molecule has 112 valence electrons. The third-order valence-corrected chi connectivity index (χ3v) is 4.41. The van der Waals surface area contributed by atoms with E-state index in [9.17, 15) is 8.78 Å². The molecule has 0 unspecified atom stereocenters. The van der Waals surface area contributed by atoms with E-state index < -0.39 is 13.0 Å². The fourth-order valence-electron chi connectivity index (χ4n) is 3.15. The number of halogens is 2. The highest BCUT2D eigenvalue weighted by molar-refractivity contribution is 5.71. The molecule has 0 radical (unpaired) electrons. The van der Waals surface area contributed by atoms with Crippen molar-refractivity contribution in [1.82, 2.24) is 25.1 Å². The number of anilines is 1. The first-order valence-corrected chi connectivity index (χ1v) is 7.08. The lowest BCUT2D eigenvalue weighted by molar-refractivity contribution is 0.123. The second kappa shape index (κ2) is 4.59. The molecule has 0 aromatic carbocycles. The molecule has 4 rings (SSSR count). The SMILES string of the molecule is FC(F)Cn1ncc2ncc(N3CCC4(CNC4)C3)nc21. The van der Waals surface area contributed by atoms with Crippen LogP contribution in [0.1, 0.15) is 6.42 Å². The van der Waals surface area contributed by atoms with Gasteiger partial charge >= 0.3 is 0 Å². The van der Waals surface area contributed by atoms with E-state index in [0.717, 1.165) is 38.4 Å². The van der Waals surface area contributed by atoms with E-state index in [1.54, 1.807) is 6.20 Å². The average molecular weight is 294 g/mol. The van der Waals surface area contributed by atoms with Crippen molar-refractivity contribution in [2.75, 3.05) is 31.1 Å². The summed E-state index contributed by atoms with van der Waals surface area (Å²) >= 11 is 0. The van der Waals surface area contributed by atoms with Crippen LogP contribution in [0.2, 0.25) is 0 Å². The summed E-state index contributed by atoms with van der Waals surface area (Å²) in [5.74, 6) is 0.752. The van der Waals surface area contributed by atoms with Crippen LogP contribution in [0.3, 0.4) is 0 Å². The van der Waals surface area contributed by atoms with Gasteiger partial charge in [-0.2, -0.15) is 5.10 Å². The molecule has 1 spiro atoms. The summed E-state index contributed by atoms with van der Waals surface area (Å²) in [6.45, 7) is 3.52. The lowest BCUT2D eigenvalue weighted by Gasteiger charge is -2.39. The topological polar surface area (TPSA) is 58.9 Å². The van der Waals surface area contributed by atoms with Gasteiger partial charge in [-0.25, -0.2) is 23.4 Å². The number of nitrogens with one attached hydrogen (secondary N) is 1. The minimum Gasteiger partial charge on any atom is -0.355 e. The van der Waals surface area contributed by atoms with Gasteiger partial charge in [0, 0.05) is 31.6 Å². The normalized spacial score (nSPS) is 20.6. The molecule has 8 heteroatoms. The fourth-order valence-corrected chi connectivity index (χ4v) is 3.15. The van der Waals surface area contributed by atoms with Crippen LogP contribution in [0.15, 0.2) is 12.4 Å². The van der Waals surface area contributed by atoms with Crippen molar-refractivity contribution in [2.45, 2.75) is 19.4 Å². The second-order valence-corrected chi connectivity index (χ2v) is 5.93. The van der Waals surface area contributed by atoms with Crippen LogP contribution in [0.5, 0.6) is 0 Å². The molecule has 2 fully saturated rings. The third kappa shape index (κ3) is 2.14. The van der Waals surface area contributed by atoms with E-state index in [-0.39, 0.29) is 0 Å². The Hall–Kier alpha value is -1.83. The van der Waals surface area contributed by atoms with E-state index in [0.29, 0.717) is 16.6 Å². The molecule has 0 amide bonds. The number of alkyl halides is 2. The highest BCUT2D eigenvalue weighted by atomic mass is 19.3. The molecule has 6 nitrogen and oxygen atoms in total. The number of hydrogen-bond acceptors (Lipinski definition) is 5. The Kier molecular flexibility index (Phi) is 2.81. The number of rotatable bonds is 3. The summed E-state index contributed by atoms with van der Waals surface area (Å²) in [5, 5.41) is 7.25. The molecule has 0 saturated carbocycles. The Balaban J connectivity index is 1.63. The van der Waals surface area contributed by atoms with Crippen LogP contribution in [0.4, 0.5) is 14.6 Å². The first-order valence-electron chi connectivity index (χ1n) is 7.08. The number of hydrogen-bond donors (Lipinski definition) is 1. The molecule has 2 aliphatic rings. The van der Waals surface area contributed by atoms with Crippen molar-refractivity contribution in [2.24, 2.45) is 5.41 Å². The van der Waals surface area contributed by atoms with Crippen LogP contribution in [0, 0.1) is 5.41 Å². The number of aromatic nitrogens is 4. The van der Waals surface area contributed by atoms with Gasteiger partial charge in [0.25, 0.3) is 6.43 Å². The quantitative estimate of drug-likeness (QED) is 0.911. The van der Waals surface area contributed by atoms with Crippen LogP contribution in [0.25, 0.3) is 11.2 Å². The van der Waals surface area contributed by atoms with Crippen molar-refractivity contribution in [1.29, 1.82) is 0 Å². The molecule has 2 aromatic heterocycles. The van der Waals surface area contributed by atoms with E-state index in [1.165, 1.54) is 10.9 Å². The molecule has 0 aliphatic carbocycles. The average Bonchev–Trinajstić information content (AvgIpc) is 3.02. The number of nitrogens with zero attached hydrogens (tertiary/aromatic N) is 5. The highest BCUT2D eigenvalue weighted by Crippen LogP contribution is 2.35. The molecule has 2 aliphatic heterocycles. The van der Waals surface area contributed by atoms with Gasteiger partial charge in [0.15, 0.2) is 5.65 Å². The lowest BCUT2D eigenvalue weighted by Crippen LogP contribution is -2.54. The third-order valence-electron chi connectivity index (χ3n) is 4.41. The lowest BCUT2D eigenvalue weighted by atomic mass is 9.81. The van der Waals surface area contributed by atoms with Crippen LogP contribution in [-0.4, -0.2) is 52.4 Å². The van der Waals surface area contributed by atoms with Crippen molar-refractivity contribution in [3.8, 4) is 0 Å². The zero-order valence-electron chi connectivity index (χ0n) is 11.5. The molecule has 0 atom stereocenters. The summed E-state index contributed by atoms with van der Waals surface area (Å²) in [4.78, 5) is 11.0. The van der Waals surface area contributed by atoms with Crippen LogP contribution < -0.4 is 10.2 Å². The van der Waals surface area contributed by atoms with Crippen LogP contribution >= 0.6 is 0 Å². The Labute approximate surface area is 120 Å². The molecule has 4 heterocycles. The fraction of sp³-hybridized carbons (Fsp3) is 0.615. The van der Waals surface area contributed by atoms with Gasteiger partial charge < -0.3 is 10.2 Å². The van der Waals surface area contributed by atoms with Gasteiger partial charge in [-0.1, -0.05) is 0 Å². The molecule has 21 heavy (non-hydrogen) atoms. The molecule has 2 aromatic rings. The van der Waals surface area contributed by atoms with E-state index in [2.05, 4.69) is 25.3 Å². The standard InChI is InChI=1S/C13H16F2N6/c14-10(15)5-21-12-9(3-18-21)17-4-11(19-12)20-2-1-13(8-20)6-16-7-13/h3-4,10,16H,1-2,5-8H2. The van der Waals surface area contributed by atoms with Gasteiger partial charge in [-0.3, -0.25) is 0 Å². The Morgan fingerprint density at radius 3 is 2.86 bits per heavy atom. The first-order chi connectivity index (χ1) is 10.2. The van der Waals surface area contributed by atoms with Crippen molar-refractivity contribution >= 4 is 17.0 Å². The maximum absolute atomic E-state index is 12.6. The second-order valence-electron chi connectivity index (χ2n) is 5.93. The highest BCUT2D eigenvalue weighted by Gasteiger charge is 2.43. The zero-order valence-corrected chi connectivity index (χ0v) is 11.5. The van der Waals surface area contributed by atoms with E-state index >= 15 is 0 Å². The van der Waals surface area contributed by atoms with Gasteiger partial charge in [-0.05, 0) is 6.42 Å². The molecular formula is C13H16F2N6.